The second-order valence-corrected chi connectivity index (χ2v) is 4.13. The van der Waals surface area contributed by atoms with Crippen molar-refractivity contribution in [3.8, 4) is 5.75 Å². The Hall–Kier alpha value is -1.87. The summed E-state index contributed by atoms with van der Waals surface area (Å²) >= 11 is 0. The molecule has 0 spiro atoms. The lowest BCUT2D eigenvalue weighted by molar-refractivity contribution is 0.189. The van der Waals surface area contributed by atoms with E-state index < -0.39 is 6.10 Å². The van der Waals surface area contributed by atoms with E-state index in [1.807, 2.05) is 30.3 Å². The molecule has 2 nitrogen and oxygen atoms in total. The highest BCUT2D eigenvalue weighted by atomic mass is 19.1. The second-order valence-electron chi connectivity index (χ2n) is 4.13. The van der Waals surface area contributed by atoms with Crippen LogP contribution in [0.4, 0.5) is 4.39 Å². The quantitative estimate of drug-likeness (QED) is 0.895. The van der Waals surface area contributed by atoms with Gasteiger partial charge in [0.1, 0.15) is 18.2 Å². The van der Waals surface area contributed by atoms with Crippen LogP contribution in [0, 0.1) is 5.82 Å². The van der Waals surface area contributed by atoms with Gasteiger partial charge >= 0.3 is 0 Å². The Morgan fingerprint density at radius 1 is 1.17 bits per heavy atom. The lowest BCUT2D eigenvalue weighted by Gasteiger charge is -2.13. The number of benzene rings is 2. The van der Waals surface area contributed by atoms with E-state index in [2.05, 4.69) is 0 Å². The Labute approximate surface area is 106 Å². The summed E-state index contributed by atoms with van der Waals surface area (Å²) in [5.41, 5.74) is 1.49. The molecule has 0 bridgehead atoms. The van der Waals surface area contributed by atoms with E-state index in [1.165, 1.54) is 12.1 Å². The molecule has 2 rings (SSSR count). The minimum atomic E-state index is -0.758. The van der Waals surface area contributed by atoms with Crippen LogP contribution in [0.3, 0.4) is 0 Å². The first-order valence-corrected chi connectivity index (χ1v) is 5.81. The normalized spacial score (nSPS) is 12.2. The summed E-state index contributed by atoms with van der Waals surface area (Å²) in [6.45, 7) is 1.98. The molecule has 0 fully saturated rings. The molecule has 0 aliphatic carbocycles. The predicted octanol–water partition coefficient (Wildman–Crippen LogP) is 3.46. The van der Waals surface area contributed by atoms with Gasteiger partial charge < -0.3 is 9.84 Å². The Morgan fingerprint density at radius 2 is 1.89 bits per heavy atom. The maximum Gasteiger partial charge on any atom is 0.125 e. The van der Waals surface area contributed by atoms with Crippen molar-refractivity contribution in [3.63, 3.8) is 0 Å². The molecule has 2 aromatic rings. The van der Waals surface area contributed by atoms with Gasteiger partial charge in [0.05, 0.1) is 6.10 Å². The molecule has 3 heteroatoms. The fourth-order valence-electron chi connectivity index (χ4n) is 1.71. The zero-order valence-electron chi connectivity index (χ0n) is 10.1. The van der Waals surface area contributed by atoms with Gasteiger partial charge in [0, 0.05) is 5.56 Å². The van der Waals surface area contributed by atoms with Crippen molar-refractivity contribution in [2.24, 2.45) is 0 Å². The van der Waals surface area contributed by atoms with Gasteiger partial charge in [-0.3, -0.25) is 0 Å². The first-order valence-electron chi connectivity index (χ1n) is 5.81. The number of rotatable bonds is 4. The minimum absolute atomic E-state index is 0.377. The van der Waals surface area contributed by atoms with Crippen molar-refractivity contribution in [3.05, 3.63) is 65.5 Å². The molecule has 0 unspecified atom stereocenters. The van der Waals surface area contributed by atoms with E-state index >= 15 is 0 Å². The summed E-state index contributed by atoms with van der Waals surface area (Å²) in [7, 11) is 0. The van der Waals surface area contributed by atoms with Crippen molar-refractivity contribution in [1.29, 1.82) is 0 Å². The third kappa shape index (κ3) is 3.08. The smallest absolute Gasteiger partial charge is 0.125 e. The molecule has 0 saturated heterocycles. The van der Waals surface area contributed by atoms with E-state index in [9.17, 15) is 9.50 Å². The average molecular weight is 246 g/mol. The van der Waals surface area contributed by atoms with E-state index in [0.717, 1.165) is 5.56 Å². The van der Waals surface area contributed by atoms with Crippen LogP contribution in [-0.2, 0) is 6.61 Å². The number of ether oxygens (including phenoxy) is 1. The zero-order valence-corrected chi connectivity index (χ0v) is 10.1. The van der Waals surface area contributed by atoms with Gasteiger partial charge in [-0.15, -0.1) is 0 Å². The lowest BCUT2D eigenvalue weighted by Crippen LogP contribution is -2.01. The van der Waals surface area contributed by atoms with Crippen LogP contribution in [0.2, 0.25) is 0 Å². The predicted molar refractivity (Wildman–Crippen MR) is 67.8 cm³/mol. The van der Waals surface area contributed by atoms with Gasteiger partial charge in [-0.2, -0.15) is 0 Å². The van der Waals surface area contributed by atoms with Crippen LogP contribution in [0.15, 0.2) is 48.5 Å². The average Bonchev–Trinajstić information content (AvgIpc) is 2.38. The van der Waals surface area contributed by atoms with Crippen LogP contribution < -0.4 is 4.74 Å². The number of hydrogen-bond donors (Lipinski definition) is 1. The number of halogens is 1. The second kappa shape index (κ2) is 5.65. The third-order valence-corrected chi connectivity index (χ3v) is 2.66. The van der Waals surface area contributed by atoms with E-state index in [4.69, 9.17) is 4.74 Å². The summed E-state index contributed by atoms with van der Waals surface area (Å²) < 4.78 is 18.7. The first-order chi connectivity index (χ1) is 8.66. The topological polar surface area (TPSA) is 29.5 Å². The number of aliphatic hydroxyl groups is 1. The fraction of sp³-hybridized carbons (Fsp3) is 0.200. The highest BCUT2D eigenvalue weighted by molar-refractivity contribution is 5.35. The Bertz CT molecular complexity index is 509. The fourth-order valence-corrected chi connectivity index (χ4v) is 1.71. The third-order valence-electron chi connectivity index (χ3n) is 2.66. The van der Waals surface area contributed by atoms with Gasteiger partial charge in [0.2, 0.25) is 0 Å². The van der Waals surface area contributed by atoms with Crippen molar-refractivity contribution < 1.29 is 14.2 Å². The summed E-state index contributed by atoms with van der Waals surface area (Å²) in [5.74, 6) is 0.133. The van der Waals surface area contributed by atoms with Crippen molar-refractivity contribution in [1.82, 2.24) is 0 Å². The van der Waals surface area contributed by atoms with Crippen LogP contribution in [0.1, 0.15) is 24.2 Å². The minimum Gasteiger partial charge on any atom is -0.489 e. The van der Waals surface area contributed by atoms with E-state index in [0.29, 0.717) is 17.9 Å². The molecule has 0 aromatic heterocycles. The first kappa shape index (κ1) is 12.6. The van der Waals surface area contributed by atoms with Gasteiger partial charge in [-0.1, -0.05) is 30.3 Å². The van der Waals surface area contributed by atoms with E-state index in [-0.39, 0.29) is 5.82 Å². The van der Waals surface area contributed by atoms with Gasteiger partial charge in [-0.25, -0.2) is 4.39 Å². The largest absolute Gasteiger partial charge is 0.489 e. The molecular weight excluding hydrogens is 231 g/mol. The Balaban J connectivity index is 2.14. The summed E-state index contributed by atoms with van der Waals surface area (Å²) in [4.78, 5) is 0. The molecule has 1 atom stereocenters. The molecule has 1 N–H and O–H groups in total. The zero-order chi connectivity index (χ0) is 13.0. The van der Waals surface area contributed by atoms with Crippen LogP contribution >= 0.6 is 0 Å². The maximum atomic E-state index is 13.1. The SMILES string of the molecule is C[C@@H](O)c1cc(F)ccc1OCc1ccccc1. The van der Waals surface area contributed by atoms with Gasteiger partial charge in [-0.05, 0) is 30.7 Å². The molecule has 0 heterocycles. The number of aliphatic hydroxyl groups excluding tert-OH is 1. The van der Waals surface area contributed by atoms with Gasteiger partial charge in [0.25, 0.3) is 0 Å². The summed E-state index contributed by atoms with van der Waals surface area (Å²) in [6.07, 6.45) is -0.758. The molecule has 0 aliphatic rings. The molecule has 18 heavy (non-hydrogen) atoms. The van der Waals surface area contributed by atoms with Crippen molar-refractivity contribution >= 4 is 0 Å². The summed E-state index contributed by atoms with van der Waals surface area (Å²) in [6, 6.07) is 13.9. The monoisotopic (exact) mass is 246 g/mol. The van der Waals surface area contributed by atoms with Crippen molar-refractivity contribution in [2.45, 2.75) is 19.6 Å². The maximum absolute atomic E-state index is 13.1. The molecular formula is C15H15FO2. The van der Waals surface area contributed by atoms with Gasteiger partial charge in [0.15, 0.2) is 0 Å². The lowest BCUT2D eigenvalue weighted by atomic mass is 10.1. The van der Waals surface area contributed by atoms with Crippen LogP contribution in [0.25, 0.3) is 0 Å². The molecule has 0 amide bonds. The van der Waals surface area contributed by atoms with Crippen LogP contribution in [0.5, 0.6) is 5.75 Å². The van der Waals surface area contributed by atoms with E-state index in [1.54, 1.807) is 13.0 Å². The molecule has 94 valence electrons. The van der Waals surface area contributed by atoms with Crippen molar-refractivity contribution in [2.75, 3.05) is 0 Å². The standard InChI is InChI=1S/C15H15FO2/c1-11(17)14-9-13(16)7-8-15(14)18-10-12-5-3-2-4-6-12/h2-9,11,17H,10H2,1H3/t11-/m1/s1. The highest BCUT2D eigenvalue weighted by Gasteiger charge is 2.10. The molecule has 2 aromatic carbocycles. The molecule has 0 radical (unpaired) electrons. The number of hydrogen-bond acceptors (Lipinski definition) is 2. The Kier molecular flexibility index (Phi) is 3.95. The Morgan fingerprint density at radius 3 is 2.56 bits per heavy atom. The molecule has 0 saturated carbocycles. The van der Waals surface area contributed by atoms with Crippen LogP contribution in [-0.4, -0.2) is 5.11 Å². The summed E-state index contributed by atoms with van der Waals surface area (Å²) in [5, 5.41) is 9.58. The molecule has 0 aliphatic heterocycles. The highest BCUT2D eigenvalue weighted by Crippen LogP contribution is 2.26.